The first-order valence-electron chi connectivity index (χ1n) is 2.63. The van der Waals surface area contributed by atoms with E-state index >= 15 is 0 Å². The summed E-state index contributed by atoms with van der Waals surface area (Å²) in [7, 11) is -2.92. The van der Waals surface area contributed by atoms with Crippen molar-refractivity contribution in [2.45, 2.75) is 0 Å². The number of imidazole rings is 1. The second kappa shape index (κ2) is 2.51. The summed E-state index contributed by atoms with van der Waals surface area (Å²) in [6, 6.07) is -0.174. The maximum atomic E-state index is 10.1. The van der Waals surface area contributed by atoms with Gasteiger partial charge < -0.3 is 8.75 Å². The molecule has 0 atom stereocenters. The quantitative estimate of drug-likeness (QED) is 0.623. The molecule has 0 saturated heterocycles. The largest absolute Gasteiger partial charge is 0.449 e. The van der Waals surface area contributed by atoms with Crippen molar-refractivity contribution in [2.24, 2.45) is 7.05 Å². The summed E-state index contributed by atoms with van der Waals surface area (Å²) in [4.78, 5) is 3.50. The molecule has 0 spiro atoms. The molecule has 1 heterocycles. The van der Waals surface area contributed by atoms with E-state index in [1.807, 2.05) is 0 Å². The fourth-order valence-corrected chi connectivity index (χ4v) is 0.875. The monoisotopic (exact) mass is 178 g/mol. The Labute approximate surface area is 63.4 Å². The van der Waals surface area contributed by atoms with Gasteiger partial charge in [0.05, 0.1) is 0 Å². The highest BCUT2D eigenvalue weighted by Crippen LogP contribution is 2.05. The van der Waals surface area contributed by atoms with Crippen LogP contribution >= 0.6 is 0 Å². The van der Waals surface area contributed by atoms with Gasteiger partial charge in [0, 0.05) is 19.4 Å². The standard InChI is InChI=1S/C4H6N2O4S/c1-6-3-2-5-4(6)10-11(7,8)9/h2-3H,1H3,(H,7,8,9). The molecule has 11 heavy (non-hydrogen) atoms. The third kappa shape index (κ3) is 2.20. The Morgan fingerprint density at radius 2 is 2.36 bits per heavy atom. The Morgan fingerprint density at radius 3 is 2.73 bits per heavy atom. The van der Waals surface area contributed by atoms with E-state index < -0.39 is 10.4 Å². The maximum absolute atomic E-state index is 10.1. The summed E-state index contributed by atoms with van der Waals surface area (Å²) in [5.74, 6) is 0. The van der Waals surface area contributed by atoms with E-state index in [1.165, 1.54) is 24.0 Å². The average Bonchev–Trinajstić information content (AvgIpc) is 2.12. The summed E-state index contributed by atoms with van der Waals surface area (Å²) < 4.78 is 33.8. The van der Waals surface area contributed by atoms with Gasteiger partial charge in [-0.15, -0.1) is 0 Å². The van der Waals surface area contributed by atoms with Crippen molar-refractivity contribution in [3.63, 3.8) is 0 Å². The molecular weight excluding hydrogens is 172 g/mol. The van der Waals surface area contributed by atoms with Crippen LogP contribution in [0.1, 0.15) is 0 Å². The van der Waals surface area contributed by atoms with E-state index in [-0.39, 0.29) is 6.01 Å². The molecule has 0 unspecified atom stereocenters. The zero-order valence-electron chi connectivity index (χ0n) is 5.63. The van der Waals surface area contributed by atoms with Crippen LogP contribution in [-0.2, 0) is 17.4 Å². The molecule has 0 bridgehead atoms. The number of aromatic nitrogens is 2. The van der Waals surface area contributed by atoms with Crippen LogP contribution in [0.25, 0.3) is 0 Å². The van der Waals surface area contributed by atoms with Crippen LogP contribution in [-0.4, -0.2) is 22.5 Å². The predicted octanol–water partition coefficient (Wildman–Crippen LogP) is -0.398. The minimum absolute atomic E-state index is 0.174. The van der Waals surface area contributed by atoms with Gasteiger partial charge in [-0.25, -0.2) is 4.98 Å². The second-order valence-electron chi connectivity index (χ2n) is 1.83. The first kappa shape index (κ1) is 8.02. The molecule has 1 aromatic heterocycles. The van der Waals surface area contributed by atoms with Crippen molar-refractivity contribution in [1.82, 2.24) is 9.55 Å². The molecule has 0 amide bonds. The highest BCUT2D eigenvalue weighted by atomic mass is 32.3. The first-order valence-corrected chi connectivity index (χ1v) is 4.00. The Morgan fingerprint density at radius 1 is 1.73 bits per heavy atom. The zero-order valence-corrected chi connectivity index (χ0v) is 6.45. The van der Waals surface area contributed by atoms with Crippen molar-refractivity contribution < 1.29 is 17.2 Å². The lowest BCUT2D eigenvalue weighted by molar-refractivity contribution is 0.368. The molecule has 62 valence electrons. The number of nitrogens with zero attached hydrogens (tertiary/aromatic N) is 2. The van der Waals surface area contributed by atoms with Crippen LogP contribution in [0.2, 0.25) is 0 Å². The van der Waals surface area contributed by atoms with Gasteiger partial charge >= 0.3 is 16.4 Å². The van der Waals surface area contributed by atoms with Crippen LogP contribution in [0.4, 0.5) is 0 Å². The molecule has 1 N–H and O–H groups in total. The van der Waals surface area contributed by atoms with Crippen molar-refractivity contribution in [3.05, 3.63) is 12.4 Å². The maximum Gasteiger partial charge on any atom is 0.449 e. The molecule has 0 aliphatic rings. The van der Waals surface area contributed by atoms with E-state index in [0.29, 0.717) is 0 Å². The summed E-state index contributed by atoms with van der Waals surface area (Å²) in [5.41, 5.74) is 0. The predicted molar refractivity (Wildman–Crippen MR) is 35.4 cm³/mol. The molecule has 0 radical (unpaired) electrons. The highest BCUT2D eigenvalue weighted by Gasteiger charge is 2.09. The topological polar surface area (TPSA) is 81.4 Å². The van der Waals surface area contributed by atoms with Crippen molar-refractivity contribution in [1.29, 1.82) is 0 Å². The minimum atomic E-state index is -4.45. The van der Waals surface area contributed by atoms with Gasteiger partial charge in [-0.1, -0.05) is 0 Å². The van der Waals surface area contributed by atoms with Crippen molar-refractivity contribution in [2.75, 3.05) is 0 Å². The average molecular weight is 178 g/mol. The lowest BCUT2D eigenvalue weighted by atomic mass is 10.9. The van der Waals surface area contributed by atoms with Crippen molar-refractivity contribution in [3.8, 4) is 6.01 Å². The number of rotatable bonds is 2. The van der Waals surface area contributed by atoms with Crippen molar-refractivity contribution >= 4 is 10.4 Å². The van der Waals surface area contributed by atoms with E-state index in [9.17, 15) is 8.42 Å². The van der Waals surface area contributed by atoms with Crippen LogP contribution in [0.3, 0.4) is 0 Å². The lowest BCUT2D eigenvalue weighted by Crippen LogP contribution is -2.09. The van der Waals surface area contributed by atoms with E-state index in [1.54, 1.807) is 0 Å². The number of aryl methyl sites for hydroxylation is 1. The molecule has 0 aliphatic carbocycles. The Kier molecular flexibility index (Phi) is 1.83. The first-order chi connectivity index (χ1) is 4.99. The molecular formula is C4H6N2O4S. The van der Waals surface area contributed by atoms with E-state index in [4.69, 9.17) is 4.55 Å². The third-order valence-electron chi connectivity index (χ3n) is 0.957. The van der Waals surface area contributed by atoms with Gasteiger partial charge in [-0.3, -0.25) is 4.55 Å². The normalized spacial score (nSPS) is 11.5. The van der Waals surface area contributed by atoms with Gasteiger partial charge in [0.1, 0.15) is 0 Å². The van der Waals surface area contributed by atoms with Gasteiger partial charge in [0.2, 0.25) is 0 Å². The third-order valence-corrected chi connectivity index (χ3v) is 1.32. The molecule has 0 saturated carbocycles. The van der Waals surface area contributed by atoms with Crippen LogP contribution in [0, 0.1) is 0 Å². The molecule has 1 aromatic rings. The fourth-order valence-electron chi connectivity index (χ4n) is 0.526. The van der Waals surface area contributed by atoms with Crippen LogP contribution in [0.5, 0.6) is 6.01 Å². The smallest absolute Gasteiger partial charge is 0.324 e. The van der Waals surface area contributed by atoms with Gasteiger partial charge in [0.25, 0.3) is 0 Å². The highest BCUT2D eigenvalue weighted by molar-refractivity contribution is 7.81. The Hall–Kier alpha value is -1.08. The van der Waals surface area contributed by atoms with E-state index in [0.717, 1.165) is 0 Å². The van der Waals surface area contributed by atoms with Crippen LogP contribution in [0.15, 0.2) is 12.4 Å². The SMILES string of the molecule is Cn1ccnc1OS(=O)(=O)O. The molecule has 0 fully saturated rings. The molecule has 0 aromatic carbocycles. The zero-order chi connectivity index (χ0) is 8.48. The Bertz CT molecular complexity index is 341. The fraction of sp³-hybridized carbons (Fsp3) is 0.250. The molecule has 0 aliphatic heterocycles. The summed E-state index contributed by atoms with van der Waals surface area (Å²) >= 11 is 0. The van der Waals surface area contributed by atoms with Crippen LogP contribution < -0.4 is 4.18 Å². The van der Waals surface area contributed by atoms with E-state index in [2.05, 4.69) is 9.17 Å². The summed E-state index contributed by atoms with van der Waals surface area (Å²) in [6.45, 7) is 0. The molecule has 1 rings (SSSR count). The number of hydrogen-bond donors (Lipinski definition) is 1. The summed E-state index contributed by atoms with van der Waals surface area (Å²) in [6.07, 6.45) is 2.83. The number of hydrogen-bond acceptors (Lipinski definition) is 4. The van der Waals surface area contributed by atoms with Gasteiger partial charge in [-0.05, 0) is 0 Å². The second-order valence-corrected chi connectivity index (χ2v) is 2.85. The Balaban J connectivity index is 2.89. The summed E-state index contributed by atoms with van der Waals surface area (Å²) in [5, 5.41) is 0. The molecule has 6 nitrogen and oxygen atoms in total. The molecule has 7 heteroatoms. The van der Waals surface area contributed by atoms with Gasteiger partial charge in [-0.2, -0.15) is 8.42 Å². The van der Waals surface area contributed by atoms with Gasteiger partial charge in [0.15, 0.2) is 0 Å². The minimum Gasteiger partial charge on any atom is -0.324 e. The lowest BCUT2D eigenvalue weighted by Gasteiger charge is -1.98.